The number of fused-ring (bicyclic) bond motifs is 1. The number of aliphatic hydroxyl groups excluding tert-OH is 1. The highest BCUT2D eigenvalue weighted by atomic mass is 16.3. The Morgan fingerprint density at radius 1 is 1.50 bits per heavy atom. The molecule has 1 amide bonds. The van der Waals surface area contributed by atoms with E-state index in [9.17, 15) is 4.79 Å². The molecule has 0 aliphatic carbocycles. The van der Waals surface area contributed by atoms with E-state index in [2.05, 4.69) is 16.7 Å². The number of carbonyl (C=O) groups excluding carboxylic acids is 1. The molecule has 0 spiro atoms. The summed E-state index contributed by atoms with van der Waals surface area (Å²) in [4.78, 5) is 12.3. The van der Waals surface area contributed by atoms with E-state index < -0.39 is 0 Å². The standard InChI is InChI=1S/C16H24N2O2/c1-12(11-19)5-4-8-18-16(20)15-10-17-9-13-6-2-3-7-14(13)15/h2-3,6-7,12,15,17,19H,4-5,8-11H2,1H3,(H,18,20). The van der Waals surface area contributed by atoms with Crippen LogP contribution in [0.1, 0.15) is 36.8 Å². The summed E-state index contributed by atoms with van der Waals surface area (Å²) in [5.74, 6) is 0.320. The lowest BCUT2D eigenvalue weighted by Crippen LogP contribution is -2.39. The molecule has 0 bridgehead atoms. The molecule has 3 N–H and O–H groups in total. The number of aliphatic hydroxyl groups is 1. The molecule has 4 heteroatoms. The van der Waals surface area contributed by atoms with Crippen LogP contribution in [0.2, 0.25) is 0 Å². The van der Waals surface area contributed by atoms with E-state index in [1.807, 2.05) is 25.1 Å². The van der Waals surface area contributed by atoms with Crippen molar-refractivity contribution < 1.29 is 9.90 Å². The van der Waals surface area contributed by atoms with Crippen LogP contribution in [-0.4, -0.2) is 30.7 Å². The summed E-state index contributed by atoms with van der Waals surface area (Å²) in [6.45, 7) is 4.46. The molecule has 1 aliphatic rings. The maximum atomic E-state index is 12.3. The van der Waals surface area contributed by atoms with Gasteiger partial charge in [0.05, 0.1) is 5.92 Å². The molecule has 0 aromatic heterocycles. The first kappa shape index (κ1) is 15.0. The number of carbonyl (C=O) groups is 1. The molecule has 0 radical (unpaired) electrons. The number of rotatable bonds is 6. The quantitative estimate of drug-likeness (QED) is 0.688. The van der Waals surface area contributed by atoms with Gasteiger partial charge in [-0.05, 0) is 29.9 Å². The third-order valence-corrected chi connectivity index (χ3v) is 3.90. The molecule has 0 saturated carbocycles. The first-order valence-electron chi connectivity index (χ1n) is 7.39. The summed E-state index contributed by atoms with van der Waals surface area (Å²) in [5, 5.41) is 15.3. The van der Waals surface area contributed by atoms with Crippen molar-refractivity contribution in [1.82, 2.24) is 10.6 Å². The smallest absolute Gasteiger partial charge is 0.228 e. The summed E-state index contributed by atoms with van der Waals surface area (Å²) in [5.41, 5.74) is 2.36. The van der Waals surface area contributed by atoms with Gasteiger partial charge in [0.15, 0.2) is 0 Å². The molecule has 20 heavy (non-hydrogen) atoms. The largest absolute Gasteiger partial charge is 0.396 e. The van der Waals surface area contributed by atoms with E-state index in [4.69, 9.17) is 5.11 Å². The van der Waals surface area contributed by atoms with Gasteiger partial charge in [0.1, 0.15) is 0 Å². The monoisotopic (exact) mass is 276 g/mol. The minimum absolute atomic E-state index is 0.0878. The lowest BCUT2D eigenvalue weighted by atomic mass is 9.90. The Balaban J connectivity index is 1.85. The van der Waals surface area contributed by atoms with E-state index in [-0.39, 0.29) is 18.4 Å². The molecule has 0 fully saturated rings. The first-order valence-corrected chi connectivity index (χ1v) is 7.39. The molecule has 4 nitrogen and oxygen atoms in total. The molecule has 0 saturated heterocycles. The molecular weight excluding hydrogens is 252 g/mol. The van der Waals surface area contributed by atoms with Gasteiger partial charge in [0.25, 0.3) is 0 Å². The number of hydrogen-bond acceptors (Lipinski definition) is 3. The fourth-order valence-electron chi connectivity index (χ4n) is 2.61. The predicted octanol–water partition coefficient (Wildman–Crippen LogP) is 1.40. The van der Waals surface area contributed by atoms with Gasteiger partial charge in [0.2, 0.25) is 5.91 Å². The van der Waals surface area contributed by atoms with Crippen molar-refractivity contribution in [3.8, 4) is 0 Å². The lowest BCUT2D eigenvalue weighted by molar-refractivity contribution is -0.122. The molecule has 1 aromatic rings. The zero-order valence-corrected chi connectivity index (χ0v) is 12.1. The normalized spacial score (nSPS) is 19.2. The highest BCUT2D eigenvalue weighted by Crippen LogP contribution is 2.23. The SMILES string of the molecule is CC(CO)CCCNC(=O)C1CNCc2ccccc21. The minimum Gasteiger partial charge on any atom is -0.396 e. The fourth-order valence-corrected chi connectivity index (χ4v) is 2.61. The highest BCUT2D eigenvalue weighted by molar-refractivity contribution is 5.84. The number of nitrogens with one attached hydrogen (secondary N) is 2. The van der Waals surface area contributed by atoms with Gasteiger partial charge < -0.3 is 15.7 Å². The van der Waals surface area contributed by atoms with Crippen molar-refractivity contribution in [3.05, 3.63) is 35.4 Å². The Labute approximate surface area is 120 Å². The van der Waals surface area contributed by atoms with Gasteiger partial charge in [-0.2, -0.15) is 0 Å². The van der Waals surface area contributed by atoms with E-state index in [0.717, 1.165) is 24.9 Å². The van der Waals surface area contributed by atoms with Crippen molar-refractivity contribution in [2.75, 3.05) is 19.7 Å². The Morgan fingerprint density at radius 2 is 2.30 bits per heavy atom. The van der Waals surface area contributed by atoms with Crippen LogP contribution in [0, 0.1) is 5.92 Å². The molecule has 1 heterocycles. The molecule has 2 rings (SSSR count). The van der Waals surface area contributed by atoms with Crippen molar-refractivity contribution in [3.63, 3.8) is 0 Å². The summed E-state index contributed by atoms with van der Waals surface area (Å²) in [6.07, 6.45) is 1.85. The topological polar surface area (TPSA) is 61.4 Å². The van der Waals surface area contributed by atoms with Crippen molar-refractivity contribution >= 4 is 5.91 Å². The fraction of sp³-hybridized carbons (Fsp3) is 0.562. The van der Waals surface area contributed by atoms with E-state index >= 15 is 0 Å². The van der Waals surface area contributed by atoms with Crippen LogP contribution in [0.4, 0.5) is 0 Å². The van der Waals surface area contributed by atoms with Gasteiger partial charge in [0, 0.05) is 26.2 Å². The Hall–Kier alpha value is -1.39. The van der Waals surface area contributed by atoms with Gasteiger partial charge in [-0.15, -0.1) is 0 Å². The predicted molar refractivity (Wildman–Crippen MR) is 79.4 cm³/mol. The Bertz CT molecular complexity index is 448. The average Bonchev–Trinajstić information content (AvgIpc) is 2.50. The number of hydrogen-bond donors (Lipinski definition) is 3. The summed E-state index contributed by atoms with van der Waals surface area (Å²) >= 11 is 0. The molecule has 1 aromatic carbocycles. The highest BCUT2D eigenvalue weighted by Gasteiger charge is 2.25. The van der Waals surface area contributed by atoms with Gasteiger partial charge in [-0.3, -0.25) is 4.79 Å². The second kappa shape index (κ2) is 7.41. The number of amides is 1. The zero-order chi connectivity index (χ0) is 14.4. The van der Waals surface area contributed by atoms with Crippen LogP contribution in [0.5, 0.6) is 0 Å². The molecule has 110 valence electrons. The van der Waals surface area contributed by atoms with Crippen LogP contribution < -0.4 is 10.6 Å². The van der Waals surface area contributed by atoms with E-state index in [1.54, 1.807) is 0 Å². The van der Waals surface area contributed by atoms with Crippen LogP contribution >= 0.6 is 0 Å². The van der Waals surface area contributed by atoms with Crippen LogP contribution in [0.15, 0.2) is 24.3 Å². The van der Waals surface area contributed by atoms with Gasteiger partial charge in [-0.1, -0.05) is 31.2 Å². The maximum absolute atomic E-state index is 12.3. The maximum Gasteiger partial charge on any atom is 0.228 e. The number of benzene rings is 1. The lowest BCUT2D eigenvalue weighted by Gasteiger charge is -2.25. The molecule has 2 unspecified atom stereocenters. The summed E-state index contributed by atoms with van der Waals surface area (Å²) < 4.78 is 0. The van der Waals surface area contributed by atoms with Gasteiger partial charge >= 0.3 is 0 Å². The average molecular weight is 276 g/mol. The van der Waals surface area contributed by atoms with E-state index in [0.29, 0.717) is 19.0 Å². The van der Waals surface area contributed by atoms with Crippen LogP contribution in [0.3, 0.4) is 0 Å². The second-order valence-electron chi connectivity index (χ2n) is 5.60. The zero-order valence-electron chi connectivity index (χ0n) is 12.1. The third-order valence-electron chi connectivity index (χ3n) is 3.90. The minimum atomic E-state index is -0.0878. The van der Waals surface area contributed by atoms with Crippen LogP contribution in [0.25, 0.3) is 0 Å². The van der Waals surface area contributed by atoms with Crippen molar-refractivity contribution in [2.24, 2.45) is 5.92 Å². The second-order valence-corrected chi connectivity index (χ2v) is 5.60. The van der Waals surface area contributed by atoms with Crippen LogP contribution in [-0.2, 0) is 11.3 Å². The van der Waals surface area contributed by atoms with E-state index in [1.165, 1.54) is 5.56 Å². The molecule has 1 aliphatic heterocycles. The Kier molecular flexibility index (Phi) is 5.56. The molecular formula is C16H24N2O2. The summed E-state index contributed by atoms with van der Waals surface area (Å²) in [7, 11) is 0. The van der Waals surface area contributed by atoms with Crippen molar-refractivity contribution in [1.29, 1.82) is 0 Å². The first-order chi connectivity index (χ1) is 9.72. The van der Waals surface area contributed by atoms with Gasteiger partial charge in [-0.25, -0.2) is 0 Å². The third kappa shape index (κ3) is 3.81. The van der Waals surface area contributed by atoms with Crippen molar-refractivity contribution in [2.45, 2.75) is 32.2 Å². The molecule has 2 atom stereocenters. The Morgan fingerprint density at radius 3 is 3.10 bits per heavy atom. The summed E-state index contributed by atoms with van der Waals surface area (Å²) in [6, 6.07) is 8.13.